The molecule has 3 rings (SSSR count). The summed E-state index contributed by atoms with van der Waals surface area (Å²) in [5, 5.41) is 6.44. The molecule has 1 aliphatic carbocycles. The number of fused-ring (bicyclic) bond motifs is 1. The summed E-state index contributed by atoms with van der Waals surface area (Å²) in [5.74, 6) is 0.0941. The van der Waals surface area contributed by atoms with Crippen LogP contribution < -0.4 is 10.6 Å². The lowest BCUT2D eigenvalue weighted by Crippen LogP contribution is -2.33. The van der Waals surface area contributed by atoms with Crippen molar-refractivity contribution in [2.45, 2.75) is 26.2 Å². The molecule has 5 heteroatoms. The Bertz CT molecular complexity index is 724. The predicted molar refractivity (Wildman–Crippen MR) is 92.8 cm³/mol. The zero-order valence-corrected chi connectivity index (χ0v) is 13.7. The van der Waals surface area contributed by atoms with Crippen molar-refractivity contribution in [3.63, 3.8) is 0 Å². The van der Waals surface area contributed by atoms with Crippen molar-refractivity contribution >= 4 is 40.8 Å². The fourth-order valence-corrected chi connectivity index (χ4v) is 3.43. The second-order valence-corrected chi connectivity index (χ2v) is 6.64. The van der Waals surface area contributed by atoms with Crippen molar-refractivity contribution in [3.05, 3.63) is 41.1 Å². The van der Waals surface area contributed by atoms with E-state index < -0.39 is 0 Å². The number of nitrogens with one attached hydrogen (secondary N) is 2. The van der Waals surface area contributed by atoms with Gasteiger partial charge in [0.1, 0.15) is 5.78 Å². The maximum Gasteiger partial charge on any atom is 0.227 e. The van der Waals surface area contributed by atoms with E-state index in [1.54, 1.807) is 12.3 Å². The third-order valence-corrected chi connectivity index (χ3v) is 4.86. The molecule has 1 aromatic rings. The smallest absolute Gasteiger partial charge is 0.227 e. The lowest BCUT2D eigenvalue weighted by atomic mass is 9.79. The van der Waals surface area contributed by atoms with Crippen LogP contribution in [0.4, 0.5) is 5.69 Å². The standard InChI is InChI=1S/C18H19ClN2O2/c1-10-7-13(22)3-4-14(10)18(23)21-17-8-12-5-6-20-11(2)15(12)9-16(17)19/h5-6,8-10,14,20H,2-4,7H2,1H3,(H,21,23)/t10-,14-/m0/s1. The molecule has 1 aromatic carbocycles. The van der Waals surface area contributed by atoms with E-state index in [1.807, 2.05) is 19.1 Å². The van der Waals surface area contributed by atoms with Gasteiger partial charge in [-0.25, -0.2) is 0 Å². The van der Waals surface area contributed by atoms with E-state index in [0.29, 0.717) is 30.0 Å². The molecule has 2 N–H and O–H groups in total. The van der Waals surface area contributed by atoms with Gasteiger partial charge in [0.05, 0.1) is 10.7 Å². The van der Waals surface area contributed by atoms with Crippen LogP contribution in [0.3, 0.4) is 0 Å². The molecule has 0 aromatic heterocycles. The molecule has 120 valence electrons. The Morgan fingerprint density at radius 3 is 2.96 bits per heavy atom. The fraction of sp³-hybridized carbons (Fsp3) is 0.333. The zero-order chi connectivity index (χ0) is 16.6. The van der Waals surface area contributed by atoms with Gasteiger partial charge < -0.3 is 10.6 Å². The van der Waals surface area contributed by atoms with Crippen molar-refractivity contribution in [3.8, 4) is 0 Å². The quantitative estimate of drug-likeness (QED) is 0.866. The molecule has 2 aliphatic rings. The Labute approximate surface area is 140 Å². The van der Waals surface area contributed by atoms with Crippen LogP contribution in [-0.2, 0) is 9.59 Å². The number of hydrogen-bond donors (Lipinski definition) is 2. The van der Waals surface area contributed by atoms with Gasteiger partial charge in [-0.3, -0.25) is 9.59 Å². The molecule has 1 saturated carbocycles. The first kappa shape index (κ1) is 15.8. The van der Waals surface area contributed by atoms with Crippen LogP contribution in [0.2, 0.25) is 5.02 Å². The second-order valence-electron chi connectivity index (χ2n) is 6.23. The van der Waals surface area contributed by atoms with Gasteiger partial charge in [0.15, 0.2) is 0 Å². The van der Waals surface area contributed by atoms with Crippen molar-refractivity contribution < 1.29 is 9.59 Å². The molecule has 0 saturated heterocycles. The molecule has 0 unspecified atom stereocenters. The molecule has 0 spiro atoms. The average molecular weight is 331 g/mol. The highest BCUT2D eigenvalue weighted by atomic mass is 35.5. The van der Waals surface area contributed by atoms with Crippen LogP contribution in [0.15, 0.2) is 24.9 Å². The van der Waals surface area contributed by atoms with Gasteiger partial charge in [-0.1, -0.05) is 25.1 Å². The summed E-state index contributed by atoms with van der Waals surface area (Å²) in [7, 11) is 0. The monoisotopic (exact) mass is 330 g/mol. The van der Waals surface area contributed by atoms with Crippen LogP contribution in [0, 0.1) is 11.8 Å². The van der Waals surface area contributed by atoms with Gasteiger partial charge in [-0.2, -0.15) is 0 Å². The largest absolute Gasteiger partial charge is 0.362 e. The lowest BCUT2D eigenvalue weighted by molar-refractivity contribution is -0.127. The minimum atomic E-state index is -0.146. The Morgan fingerprint density at radius 1 is 1.43 bits per heavy atom. The summed E-state index contributed by atoms with van der Waals surface area (Å²) >= 11 is 6.31. The molecule has 0 radical (unpaired) electrons. The van der Waals surface area contributed by atoms with E-state index in [0.717, 1.165) is 16.8 Å². The molecule has 4 nitrogen and oxygen atoms in total. The molecule has 1 fully saturated rings. The summed E-state index contributed by atoms with van der Waals surface area (Å²) in [6.07, 6.45) is 5.28. The maximum absolute atomic E-state index is 12.5. The first-order valence-corrected chi connectivity index (χ1v) is 8.12. The molecular formula is C18H19ClN2O2. The van der Waals surface area contributed by atoms with E-state index in [2.05, 4.69) is 17.2 Å². The number of hydrogen-bond acceptors (Lipinski definition) is 3. The molecule has 23 heavy (non-hydrogen) atoms. The normalized spacial score (nSPS) is 23.2. The zero-order valence-electron chi connectivity index (χ0n) is 13.0. The molecule has 1 aliphatic heterocycles. The Morgan fingerprint density at radius 2 is 2.22 bits per heavy atom. The van der Waals surface area contributed by atoms with Gasteiger partial charge in [0, 0.05) is 36.2 Å². The highest BCUT2D eigenvalue weighted by Crippen LogP contribution is 2.33. The summed E-state index contributed by atoms with van der Waals surface area (Å²) in [4.78, 5) is 24.0. The van der Waals surface area contributed by atoms with Crippen LogP contribution in [0.5, 0.6) is 0 Å². The Balaban J connectivity index is 1.81. The van der Waals surface area contributed by atoms with Gasteiger partial charge in [-0.15, -0.1) is 0 Å². The third-order valence-electron chi connectivity index (χ3n) is 4.55. The third kappa shape index (κ3) is 3.17. The van der Waals surface area contributed by atoms with Crippen molar-refractivity contribution in [1.82, 2.24) is 5.32 Å². The molecular weight excluding hydrogens is 312 g/mol. The van der Waals surface area contributed by atoms with E-state index in [-0.39, 0.29) is 23.5 Å². The second kappa shape index (κ2) is 6.20. The molecule has 0 bridgehead atoms. The lowest BCUT2D eigenvalue weighted by Gasteiger charge is -2.27. The number of anilines is 1. The predicted octanol–water partition coefficient (Wildman–Crippen LogP) is 3.83. The summed E-state index contributed by atoms with van der Waals surface area (Å²) in [5.41, 5.74) is 3.26. The molecule has 1 amide bonds. The van der Waals surface area contributed by atoms with Crippen LogP contribution >= 0.6 is 11.6 Å². The maximum atomic E-state index is 12.5. The van der Waals surface area contributed by atoms with Crippen molar-refractivity contribution in [2.24, 2.45) is 11.8 Å². The topological polar surface area (TPSA) is 58.2 Å². The minimum Gasteiger partial charge on any atom is -0.362 e. The Hall–Kier alpha value is -2.07. The number of amides is 1. The van der Waals surface area contributed by atoms with E-state index in [4.69, 9.17) is 11.6 Å². The number of carbonyl (C=O) groups excluding carboxylic acids is 2. The van der Waals surface area contributed by atoms with Crippen LogP contribution in [0.25, 0.3) is 11.8 Å². The van der Waals surface area contributed by atoms with Gasteiger partial charge in [0.25, 0.3) is 0 Å². The van der Waals surface area contributed by atoms with E-state index in [9.17, 15) is 9.59 Å². The number of benzene rings is 1. The van der Waals surface area contributed by atoms with Crippen LogP contribution in [-0.4, -0.2) is 11.7 Å². The SMILES string of the molecule is C=C1NC=Cc2cc(NC(=O)[C@H]3CCC(=O)C[C@@H]3C)c(Cl)cc21. The highest BCUT2D eigenvalue weighted by Gasteiger charge is 2.31. The van der Waals surface area contributed by atoms with Gasteiger partial charge in [-0.05, 0) is 36.1 Å². The van der Waals surface area contributed by atoms with Crippen molar-refractivity contribution in [2.75, 3.05) is 5.32 Å². The highest BCUT2D eigenvalue weighted by molar-refractivity contribution is 6.34. The summed E-state index contributed by atoms with van der Waals surface area (Å²) in [6.45, 7) is 5.89. The number of halogens is 1. The average Bonchev–Trinajstić information content (AvgIpc) is 2.49. The molecule has 2 atom stereocenters. The minimum absolute atomic E-state index is 0.0661. The number of Topliss-reactive ketones (excluding diaryl/α,β-unsaturated/α-hetero) is 1. The number of rotatable bonds is 2. The number of carbonyl (C=O) groups is 2. The van der Waals surface area contributed by atoms with Crippen molar-refractivity contribution in [1.29, 1.82) is 0 Å². The van der Waals surface area contributed by atoms with Gasteiger partial charge >= 0.3 is 0 Å². The summed E-state index contributed by atoms with van der Waals surface area (Å²) < 4.78 is 0. The summed E-state index contributed by atoms with van der Waals surface area (Å²) in [6, 6.07) is 3.66. The number of ketones is 1. The fourth-order valence-electron chi connectivity index (χ4n) is 3.21. The first-order valence-electron chi connectivity index (χ1n) is 7.74. The van der Waals surface area contributed by atoms with E-state index >= 15 is 0 Å². The van der Waals surface area contributed by atoms with E-state index in [1.165, 1.54) is 0 Å². The first-order chi connectivity index (χ1) is 11.0. The molecule has 1 heterocycles. The van der Waals surface area contributed by atoms with Gasteiger partial charge in [0.2, 0.25) is 5.91 Å². The van der Waals surface area contributed by atoms with Crippen LogP contribution in [0.1, 0.15) is 37.3 Å². The Kier molecular flexibility index (Phi) is 4.26.